The minimum atomic E-state index is -0.477. The molecule has 2 N–H and O–H groups in total. The lowest BCUT2D eigenvalue weighted by atomic mass is 9.78. The van der Waals surface area contributed by atoms with Crippen LogP contribution in [0.3, 0.4) is 0 Å². The van der Waals surface area contributed by atoms with E-state index in [2.05, 4.69) is 0 Å². The van der Waals surface area contributed by atoms with E-state index >= 15 is 0 Å². The summed E-state index contributed by atoms with van der Waals surface area (Å²) in [5, 5.41) is 0. The summed E-state index contributed by atoms with van der Waals surface area (Å²) in [7, 11) is 0. The third-order valence-electron chi connectivity index (χ3n) is 5.10. The van der Waals surface area contributed by atoms with Gasteiger partial charge in [-0.2, -0.15) is 0 Å². The highest BCUT2D eigenvalue weighted by atomic mass is 32.1. The quantitative estimate of drug-likeness (QED) is 0.885. The summed E-state index contributed by atoms with van der Waals surface area (Å²) in [5.41, 5.74) is 5.46. The van der Waals surface area contributed by atoms with Crippen molar-refractivity contribution in [2.75, 3.05) is 45.9 Å². The Hall–Kier alpha value is -1.44. The SMILES string of the molecule is Cc1ccc(C(=O)N2CCN(C(=O)C3(CN)CCOCC3)CC2)s1. The predicted molar refractivity (Wildman–Crippen MR) is 93.1 cm³/mol. The first kappa shape index (κ1) is 17.4. The van der Waals surface area contributed by atoms with Crippen LogP contribution >= 0.6 is 11.3 Å². The van der Waals surface area contributed by atoms with E-state index in [1.54, 1.807) is 0 Å². The topological polar surface area (TPSA) is 75.9 Å². The molecule has 2 amide bonds. The molecule has 2 saturated heterocycles. The number of nitrogens with two attached hydrogens (primary N) is 1. The number of thiophene rings is 1. The lowest BCUT2D eigenvalue weighted by Crippen LogP contribution is -2.57. The van der Waals surface area contributed by atoms with Crippen LogP contribution in [0.15, 0.2) is 12.1 Å². The Kier molecular flexibility index (Phi) is 5.22. The molecule has 0 spiro atoms. The van der Waals surface area contributed by atoms with Gasteiger partial charge in [0, 0.05) is 50.8 Å². The Bertz CT molecular complexity index is 602. The maximum Gasteiger partial charge on any atom is 0.264 e. The third-order valence-corrected chi connectivity index (χ3v) is 6.09. The molecule has 0 atom stereocenters. The monoisotopic (exact) mass is 351 g/mol. The number of hydrogen-bond donors (Lipinski definition) is 1. The molecule has 7 heteroatoms. The number of hydrogen-bond acceptors (Lipinski definition) is 5. The molecule has 0 bridgehead atoms. The van der Waals surface area contributed by atoms with Crippen molar-refractivity contribution in [3.63, 3.8) is 0 Å². The maximum atomic E-state index is 12.9. The average Bonchev–Trinajstić information content (AvgIpc) is 3.07. The zero-order valence-corrected chi connectivity index (χ0v) is 14.9. The van der Waals surface area contributed by atoms with Crippen LogP contribution < -0.4 is 5.73 Å². The van der Waals surface area contributed by atoms with Gasteiger partial charge in [0.25, 0.3) is 5.91 Å². The van der Waals surface area contributed by atoms with Crippen LogP contribution in [0.5, 0.6) is 0 Å². The first-order chi connectivity index (χ1) is 11.6. The van der Waals surface area contributed by atoms with E-state index in [9.17, 15) is 9.59 Å². The summed E-state index contributed by atoms with van der Waals surface area (Å²) in [6, 6.07) is 3.85. The molecular weight excluding hydrogens is 326 g/mol. The van der Waals surface area contributed by atoms with E-state index in [1.807, 2.05) is 28.9 Å². The summed E-state index contributed by atoms with van der Waals surface area (Å²) < 4.78 is 5.39. The summed E-state index contributed by atoms with van der Waals surface area (Å²) >= 11 is 1.52. The molecule has 132 valence electrons. The fourth-order valence-electron chi connectivity index (χ4n) is 3.42. The molecule has 2 fully saturated rings. The highest BCUT2D eigenvalue weighted by Crippen LogP contribution is 2.32. The van der Waals surface area contributed by atoms with E-state index in [0.29, 0.717) is 58.8 Å². The largest absolute Gasteiger partial charge is 0.381 e. The van der Waals surface area contributed by atoms with E-state index in [-0.39, 0.29) is 11.8 Å². The van der Waals surface area contributed by atoms with E-state index in [0.717, 1.165) is 9.75 Å². The highest BCUT2D eigenvalue weighted by molar-refractivity contribution is 7.13. The first-order valence-corrected chi connectivity index (χ1v) is 9.30. The second-order valence-electron chi connectivity index (χ2n) is 6.59. The molecule has 1 aromatic heterocycles. The van der Waals surface area contributed by atoms with Gasteiger partial charge in [0.15, 0.2) is 0 Å². The molecule has 0 aliphatic carbocycles. The molecule has 2 aliphatic rings. The molecule has 0 unspecified atom stereocenters. The lowest BCUT2D eigenvalue weighted by Gasteiger charge is -2.42. The van der Waals surface area contributed by atoms with Gasteiger partial charge in [0.2, 0.25) is 5.91 Å². The van der Waals surface area contributed by atoms with Gasteiger partial charge in [0.1, 0.15) is 0 Å². The second kappa shape index (κ2) is 7.21. The molecule has 0 saturated carbocycles. The van der Waals surface area contributed by atoms with Crippen LogP contribution in [0.2, 0.25) is 0 Å². The van der Waals surface area contributed by atoms with E-state index in [4.69, 9.17) is 10.5 Å². The number of aryl methyl sites for hydroxylation is 1. The van der Waals surface area contributed by atoms with E-state index in [1.165, 1.54) is 11.3 Å². The van der Waals surface area contributed by atoms with Gasteiger partial charge in [-0.3, -0.25) is 9.59 Å². The number of rotatable bonds is 3. The zero-order chi connectivity index (χ0) is 17.2. The van der Waals surface area contributed by atoms with Crippen LogP contribution in [0.25, 0.3) is 0 Å². The summed E-state index contributed by atoms with van der Waals surface area (Å²) in [6.45, 7) is 5.88. The van der Waals surface area contributed by atoms with Gasteiger partial charge in [0.05, 0.1) is 10.3 Å². The fraction of sp³-hybridized carbons (Fsp3) is 0.647. The molecule has 0 aromatic carbocycles. The Balaban J connectivity index is 1.60. The van der Waals surface area contributed by atoms with Crippen molar-refractivity contribution in [3.05, 3.63) is 21.9 Å². The van der Waals surface area contributed by atoms with E-state index < -0.39 is 5.41 Å². The average molecular weight is 351 g/mol. The van der Waals surface area contributed by atoms with Gasteiger partial charge in [-0.1, -0.05) is 0 Å². The van der Waals surface area contributed by atoms with Crippen molar-refractivity contribution in [1.82, 2.24) is 9.80 Å². The molecule has 0 radical (unpaired) electrons. The number of nitrogens with zero attached hydrogens (tertiary/aromatic N) is 2. The van der Waals surface area contributed by atoms with Gasteiger partial charge >= 0.3 is 0 Å². The Morgan fingerprint density at radius 3 is 2.33 bits per heavy atom. The van der Waals surface area contributed by atoms with Crippen molar-refractivity contribution in [2.45, 2.75) is 19.8 Å². The minimum absolute atomic E-state index is 0.0693. The molecular formula is C17H25N3O3S. The summed E-state index contributed by atoms with van der Waals surface area (Å²) in [4.78, 5) is 31.1. The van der Waals surface area contributed by atoms with Gasteiger partial charge in [-0.15, -0.1) is 11.3 Å². The summed E-state index contributed by atoms with van der Waals surface area (Å²) in [5.74, 6) is 0.201. The van der Waals surface area contributed by atoms with Crippen molar-refractivity contribution >= 4 is 23.2 Å². The molecule has 24 heavy (non-hydrogen) atoms. The molecule has 3 heterocycles. The van der Waals surface area contributed by atoms with Crippen LogP contribution in [-0.2, 0) is 9.53 Å². The third kappa shape index (κ3) is 3.34. The molecule has 6 nitrogen and oxygen atoms in total. The summed E-state index contributed by atoms with van der Waals surface area (Å²) in [6.07, 6.45) is 1.38. The number of ether oxygens (including phenoxy) is 1. The van der Waals surface area contributed by atoms with Crippen LogP contribution in [0, 0.1) is 12.3 Å². The highest BCUT2D eigenvalue weighted by Gasteiger charge is 2.42. The normalized spacial score (nSPS) is 20.9. The first-order valence-electron chi connectivity index (χ1n) is 8.49. The van der Waals surface area contributed by atoms with Crippen molar-refractivity contribution in [2.24, 2.45) is 11.1 Å². The number of amides is 2. The van der Waals surface area contributed by atoms with Crippen molar-refractivity contribution < 1.29 is 14.3 Å². The maximum absolute atomic E-state index is 12.9. The number of carbonyl (C=O) groups is 2. The molecule has 1 aromatic rings. The van der Waals surface area contributed by atoms with Gasteiger partial charge in [-0.25, -0.2) is 0 Å². The number of carbonyl (C=O) groups excluding carboxylic acids is 2. The fourth-order valence-corrected chi connectivity index (χ4v) is 4.26. The number of piperazine rings is 1. The Labute approximate surface area is 146 Å². The second-order valence-corrected chi connectivity index (χ2v) is 7.88. The minimum Gasteiger partial charge on any atom is -0.381 e. The lowest BCUT2D eigenvalue weighted by molar-refractivity contribution is -0.148. The smallest absolute Gasteiger partial charge is 0.264 e. The Morgan fingerprint density at radius 1 is 1.17 bits per heavy atom. The van der Waals surface area contributed by atoms with Crippen molar-refractivity contribution in [1.29, 1.82) is 0 Å². The predicted octanol–water partition coefficient (Wildman–Crippen LogP) is 1.10. The van der Waals surface area contributed by atoms with Crippen LogP contribution in [-0.4, -0.2) is 67.6 Å². The van der Waals surface area contributed by atoms with Crippen LogP contribution in [0.4, 0.5) is 0 Å². The molecule has 2 aliphatic heterocycles. The van der Waals surface area contributed by atoms with Crippen LogP contribution in [0.1, 0.15) is 27.4 Å². The molecule has 3 rings (SSSR count). The standard InChI is InChI=1S/C17H25N3O3S/c1-13-2-3-14(24-13)15(21)19-6-8-20(9-7-19)16(22)17(12-18)4-10-23-11-5-17/h2-3H,4-12,18H2,1H3. The van der Waals surface area contributed by atoms with Gasteiger partial charge in [-0.05, 0) is 31.9 Å². The van der Waals surface area contributed by atoms with Crippen molar-refractivity contribution in [3.8, 4) is 0 Å². The Morgan fingerprint density at radius 2 is 1.79 bits per heavy atom. The zero-order valence-electron chi connectivity index (χ0n) is 14.1. The van der Waals surface area contributed by atoms with Gasteiger partial charge < -0.3 is 20.3 Å².